The van der Waals surface area contributed by atoms with Crippen LogP contribution in [-0.4, -0.2) is 38.1 Å². The van der Waals surface area contributed by atoms with Crippen molar-refractivity contribution in [3.63, 3.8) is 0 Å². The van der Waals surface area contributed by atoms with Gasteiger partial charge in [0.05, 0.1) is 6.61 Å². The molecule has 2 aromatic rings. The van der Waals surface area contributed by atoms with Crippen LogP contribution in [0.5, 0.6) is 5.75 Å². The predicted molar refractivity (Wildman–Crippen MR) is 109 cm³/mol. The Morgan fingerprint density at radius 1 is 1.10 bits per heavy atom. The molecule has 0 atom stereocenters. The Labute approximate surface area is 172 Å². The SMILES string of the molecule is CCOC(=O)c1c(N)sc(C(=O)NC)c1COC(=O)COc1cc(C)cc(C)c1. The van der Waals surface area contributed by atoms with Crippen LogP contribution >= 0.6 is 11.3 Å². The molecule has 29 heavy (non-hydrogen) atoms. The molecule has 0 spiro atoms. The summed E-state index contributed by atoms with van der Waals surface area (Å²) in [5.74, 6) is -1.20. The highest BCUT2D eigenvalue weighted by Gasteiger charge is 2.27. The Balaban J connectivity index is 2.12. The zero-order valence-corrected chi connectivity index (χ0v) is 17.6. The predicted octanol–water partition coefficient (Wildman–Crippen LogP) is 2.61. The maximum atomic E-state index is 12.2. The molecule has 0 unspecified atom stereocenters. The summed E-state index contributed by atoms with van der Waals surface area (Å²) in [6.07, 6.45) is 0. The van der Waals surface area contributed by atoms with Crippen LogP contribution in [0, 0.1) is 13.8 Å². The molecule has 156 valence electrons. The molecule has 1 aromatic carbocycles. The molecule has 0 aliphatic carbocycles. The third kappa shape index (κ3) is 5.71. The van der Waals surface area contributed by atoms with E-state index in [-0.39, 0.29) is 40.8 Å². The van der Waals surface area contributed by atoms with E-state index in [9.17, 15) is 14.4 Å². The van der Waals surface area contributed by atoms with Gasteiger partial charge in [0.1, 0.15) is 27.8 Å². The van der Waals surface area contributed by atoms with Gasteiger partial charge in [-0.1, -0.05) is 6.07 Å². The fraction of sp³-hybridized carbons (Fsp3) is 0.350. The molecule has 0 bridgehead atoms. The van der Waals surface area contributed by atoms with Crippen molar-refractivity contribution in [2.75, 3.05) is 26.0 Å². The van der Waals surface area contributed by atoms with Gasteiger partial charge >= 0.3 is 11.9 Å². The first kappa shape index (κ1) is 22.2. The van der Waals surface area contributed by atoms with Gasteiger partial charge < -0.3 is 25.3 Å². The van der Waals surface area contributed by atoms with E-state index in [1.165, 1.54) is 7.05 Å². The number of carbonyl (C=O) groups excluding carboxylic acids is 3. The Kier molecular flexibility index (Phi) is 7.60. The standard InChI is InChI=1S/C20H24N2O6S/c1-5-26-20(25)16-14(17(19(24)22-4)29-18(16)21)9-28-15(23)10-27-13-7-11(2)6-12(3)8-13/h6-8H,5,9-10,21H2,1-4H3,(H,22,24). The average molecular weight is 420 g/mol. The summed E-state index contributed by atoms with van der Waals surface area (Å²) >= 11 is 0.935. The van der Waals surface area contributed by atoms with Crippen molar-refractivity contribution in [2.45, 2.75) is 27.4 Å². The normalized spacial score (nSPS) is 10.3. The lowest BCUT2D eigenvalue weighted by Crippen LogP contribution is -2.21. The first-order valence-corrected chi connectivity index (χ1v) is 9.75. The second-order valence-corrected chi connectivity index (χ2v) is 7.27. The number of ether oxygens (including phenoxy) is 3. The number of anilines is 1. The lowest BCUT2D eigenvalue weighted by molar-refractivity contribution is -0.147. The van der Waals surface area contributed by atoms with Crippen molar-refractivity contribution in [1.82, 2.24) is 5.32 Å². The minimum Gasteiger partial charge on any atom is -0.482 e. The summed E-state index contributed by atoms with van der Waals surface area (Å²) in [7, 11) is 1.45. The number of nitrogen functional groups attached to an aromatic ring is 1. The molecule has 0 saturated heterocycles. The number of thiophene rings is 1. The molecule has 9 heteroatoms. The Morgan fingerprint density at radius 3 is 2.34 bits per heavy atom. The fourth-order valence-electron chi connectivity index (χ4n) is 2.70. The molecule has 0 aliphatic rings. The highest BCUT2D eigenvalue weighted by atomic mass is 32.1. The lowest BCUT2D eigenvalue weighted by atomic mass is 10.1. The van der Waals surface area contributed by atoms with E-state index in [1.807, 2.05) is 32.0 Å². The fourth-order valence-corrected chi connectivity index (χ4v) is 3.71. The van der Waals surface area contributed by atoms with Crippen LogP contribution in [0.3, 0.4) is 0 Å². The third-order valence-electron chi connectivity index (χ3n) is 3.88. The van der Waals surface area contributed by atoms with E-state index in [2.05, 4.69) is 5.32 Å². The number of nitrogens with one attached hydrogen (secondary N) is 1. The number of amides is 1. The first-order chi connectivity index (χ1) is 13.8. The molecular weight excluding hydrogens is 396 g/mol. The molecule has 0 aliphatic heterocycles. The summed E-state index contributed by atoms with van der Waals surface area (Å²) in [6, 6.07) is 5.61. The van der Waals surface area contributed by atoms with E-state index in [1.54, 1.807) is 6.92 Å². The number of aryl methyl sites for hydroxylation is 2. The van der Waals surface area contributed by atoms with Crippen molar-refractivity contribution in [3.05, 3.63) is 45.3 Å². The van der Waals surface area contributed by atoms with Crippen LogP contribution < -0.4 is 15.8 Å². The van der Waals surface area contributed by atoms with Gasteiger partial charge in [-0.2, -0.15) is 0 Å². The van der Waals surface area contributed by atoms with Gasteiger partial charge in [-0.3, -0.25) is 4.79 Å². The molecule has 0 radical (unpaired) electrons. The average Bonchev–Trinajstić information content (AvgIpc) is 2.99. The van der Waals surface area contributed by atoms with Crippen LogP contribution in [0.2, 0.25) is 0 Å². The van der Waals surface area contributed by atoms with E-state index < -0.39 is 17.8 Å². The zero-order chi connectivity index (χ0) is 21.6. The van der Waals surface area contributed by atoms with Gasteiger partial charge in [-0.25, -0.2) is 9.59 Å². The molecule has 1 amide bonds. The van der Waals surface area contributed by atoms with Crippen LogP contribution in [0.1, 0.15) is 43.6 Å². The van der Waals surface area contributed by atoms with Crippen LogP contribution in [-0.2, 0) is 20.9 Å². The van der Waals surface area contributed by atoms with E-state index in [4.69, 9.17) is 19.9 Å². The van der Waals surface area contributed by atoms with Crippen LogP contribution in [0.4, 0.5) is 5.00 Å². The van der Waals surface area contributed by atoms with Gasteiger partial charge in [0, 0.05) is 12.6 Å². The topological polar surface area (TPSA) is 117 Å². The molecular formula is C20H24N2O6S. The molecule has 1 heterocycles. The van der Waals surface area contributed by atoms with Crippen molar-refractivity contribution in [2.24, 2.45) is 0 Å². The Morgan fingerprint density at radius 2 is 1.76 bits per heavy atom. The molecule has 0 saturated carbocycles. The van der Waals surface area contributed by atoms with Gasteiger partial charge in [0.2, 0.25) is 0 Å². The van der Waals surface area contributed by atoms with Crippen molar-refractivity contribution in [3.8, 4) is 5.75 Å². The number of rotatable bonds is 8. The van der Waals surface area contributed by atoms with Crippen molar-refractivity contribution >= 4 is 34.2 Å². The van der Waals surface area contributed by atoms with Crippen molar-refractivity contribution < 1.29 is 28.6 Å². The summed E-state index contributed by atoms with van der Waals surface area (Å²) in [4.78, 5) is 36.7. The molecule has 2 rings (SSSR count). The molecule has 8 nitrogen and oxygen atoms in total. The van der Waals surface area contributed by atoms with Gasteiger partial charge in [0.25, 0.3) is 5.91 Å². The first-order valence-electron chi connectivity index (χ1n) is 8.93. The zero-order valence-electron chi connectivity index (χ0n) is 16.8. The Hall–Kier alpha value is -3.07. The number of benzene rings is 1. The largest absolute Gasteiger partial charge is 0.482 e. The van der Waals surface area contributed by atoms with E-state index >= 15 is 0 Å². The number of esters is 2. The van der Waals surface area contributed by atoms with Gasteiger partial charge in [-0.05, 0) is 44.0 Å². The highest BCUT2D eigenvalue weighted by Crippen LogP contribution is 2.32. The summed E-state index contributed by atoms with van der Waals surface area (Å²) in [5, 5.41) is 2.60. The minimum atomic E-state index is -0.672. The van der Waals surface area contributed by atoms with Gasteiger partial charge in [-0.15, -0.1) is 11.3 Å². The van der Waals surface area contributed by atoms with E-state index in [0.717, 1.165) is 22.5 Å². The smallest absolute Gasteiger partial charge is 0.344 e. The molecule has 3 N–H and O–H groups in total. The van der Waals surface area contributed by atoms with E-state index in [0.29, 0.717) is 5.75 Å². The summed E-state index contributed by atoms with van der Waals surface area (Å²) in [5.41, 5.74) is 8.18. The summed E-state index contributed by atoms with van der Waals surface area (Å²) in [6.45, 7) is 5.04. The van der Waals surface area contributed by atoms with Crippen LogP contribution in [0.15, 0.2) is 18.2 Å². The number of hydrogen-bond donors (Lipinski definition) is 2. The number of hydrogen-bond acceptors (Lipinski definition) is 8. The third-order valence-corrected chi connectivity index (χ3v) is 4.94. The summed E-state index contributed by atoms with van der Waals surface area (Å²) < 4.78 is 15.7. The second-order valence-electron chi connectivity index (χ2n) is 6.22. The maximum absolute atomic E-state index is 12.2. The molecule has 0 fully saturated rings. The monoisotopic (exact) mass is 420 g/mol. The lowest BCUT2D eigenvalue weighted by Gasteiger charge is -2.10. The van der Waals surface area contributed by atoms with Crippen molar-refractivity contribution in [1.29, 1.82) is 0 Å². The quantitative estimate of drug-likeness (QED) is 0.630. The Bertz CT molecular complexity index is 902. The highest BCUT2D eigenvalue weighted by molar-refractivity contribution is 7.18. The van der Waals surface area contributed by atoms with Gasteiger partial charge in [0.15, 0.2) is 6.61 Å². The molecule has 1 aromatic heterocycles. The van der Waals surface area contributed by atoms with Crippen LogP contribution in [0.25, 0.3) is 0 Å². The second kappa shape index (κ2) is 9.92. The minimum absolute atomic E-state index is 0.0403. The number of nitrogens with two attached hydrogens (primary N) is 1. The maximum Gasteiger partial charge on any atom is 0.344 e. The number of carbonyl (C=O) groups is 3.